The van der Waals surface area contributed by atoms with E-state index in [2.05, 4.69) is 11.1 Å². The minimum Gasteiger partial charge on any atom is -0.379 e. The predicted octanol–water partition coefficient (Wildman–Crippen LogP) is 2.20. The Labute approximate surface area is 116 Å². The van der Waals surface area contributed by atoms with E-state index in [-0.39, 0.29) is 6.61 Å². The largest absolute Gasteiger partial charge is 0.397 e. The molecule has 116 valence electrons. The van der Waals surface area contributed by atoms with Gasteiger partial charge in [-0.1, -0.05) is 32.6 Å². The summed E-state index contributed by atoms with van der Waals surface area (Å²) in [5.41, 5.74) is 0. The molecule has 0 rings (SSSR count). The van der Waals surface area contributed by atoms with Crippen molar-refractivity contribution >= 4 is 10.4 Å². The van der Waals surface area contributed by atoms with E-state index in [9.17, 15) is 8.42 Å². The fraction of sp³-hybridized carbons (Fsp3) is 1.00. The highest BCUT2D eigenvalue weighted by Gasteiger charge is 2.02. The highest BCUT2D eigenvalue weighted by Crippen LogP contribution is 2.02. The smallest absolute Gasteiger partial charge is 0.379 e. The van der Waals surface area contributed by atoms with Crippen molar-refractivity contribution in [2.24, 2.45) is 0 Å². The van der Waals surface area contributed by atoms with Gasteiger partial charge in [0.25, 0.3) is 0 Å². The fourth-order valence-corrected chi connectivity index (χ4v) is 1.78. The Kier molecular flexibility index (Phi) is 12.7. The van der Waals surface area contributed by atoms with Gasteiger partial charge in [-0.15, -0.1) is 0 Å². The van der Waals surface area contributed by atoms with Gasteiger partial charge in [-0.25, -0.2) is 4.18 Å². The van der Waals surface area contributed by atoms with Crippen molar-refractivity contribution in [2.45, 2.75) is 45.4 Å². The SMILES string of the molecule is CCCCCCCOCCOCCCOS(=O)(=O)O. The summed E-state index contributed by atoms with van der Waals surface area (Å²) in [4.78, 5) is 0. The van der Waals surface area contributed by atoms with Crippen molar-refractivity contribution in [1.82, 2.24) is 0 Å². The van der Waals surface area contributed by atoms with Crippen LogP contribution in [0.2, 0.25) is 0 Å². The van der Waals surface area contributed by atoms with Gasteiger partial charge in [-0.3, -0.25) is 4.55 Å². The average molecular weight is 298 g/mol. The second-order valence-corrected chi connectivity index (χ2v) is 5.33. The molecule has 19 heavy (non-hydrogen) atoms. The molecule has 0 aliphatic heterocycles. The highest BCUT2D eigenvalue weighted by molar-refractivity contribution is 7.80. The Hall–Kier alpha value is -0.210. The summed E-state index contributed by atoms with van der Waals surface area (Å²) < 4.78 is 43.4. The van der Waals surface area contributed by atoms with Gasteiger partial charge in [-0.2, -0.15) is 8.42 Å². The molecule has 1 N–H and O–H groups in total. The van der Waals surface area contributed by atoms with Gasteiger partial charge >= 0.3 is 10.4 Å². The molecular weight excluding hydrogens is 272 g/mol. The Morgan fingerprint density at radius 2 is 1.37 bits per heavy atom. The number of rotatable bonds is 14. The first-order valence-corrected chi connectivity index (χ1v) is 8.20. The summed E-state index contributed by atoms with van der Waals surface area (Å²) in [6, 6.07) is 0. The number of hydrogen-bond acceptors (Lipinski definition) is 5. The molecule has 0 aliphatic rings. The van der Waals surface area contributed by atoms with Crippen molar-refractivity contribution in [1.29, 1.82) is 0 Å². The molecule has 0 radical (unpaired) electrons. The molecule has 0 saturated heterocycles. The van der Waals surface area contributed by atoms with E-state index in [0.717, 1.165) is 13.0 Å². The number of hydrogen-bond donors (Lipinski definition) is 1. The van der Waals surface area contributed by atoms with E-state index in [1.165, 1.54) is 25.7 Å². The first-order chi connectivity index (χ1) is 9.06. The van der Waals surface area contributed by atoms with Crippen LogP contribution in [0.1, 0.15) is 45.4 Å². The van der Waals surface area contributed by atoms with Crippen molar-refractivity contribution in [3.05, 3.63) is 0 Å². The molecular formula is C12H26O6S. The molecule has 0 amide bonds. The van der Waals surface area contributed by atoms with Gasteiger partial charge in [0, 0.05) is 13.2 Å². The normalized spacial score (nSPS) is 11.9. The lowest BCUT2D eigenvalue weighted by Crippen LogP contribution is -2.09. The summed E-state index contributed by atoms with van der Waals surface area (Å²) in [5, 5.41) is 0. The quantitative estimate of drug-likeness (QED) is 0.391. The van der Waals surface area contributed by atoms with Crippen LogP contribution < -0.4 is 0 Å². The van der Waals surface area contributed by atoms with Gasteiger partial charge in [0.05, 0.1) is 19.8 Å². The molecule has 0 heterocycles. The van der Waals surface area contributed by atoms with E-state index in [4.69, 9.17) is 14.0 Å². The Balaban J connectivity index is 3.03. The van der Waals surface area contributed by atoms with Crippen LogP contribution in [-0.2, 0) is 24.1 Å². The molecule has 0 saturated carbocycles. The van der Waals surface area contributed by atoms with E-state index in [1.807, 2.05) is 0 Å². The first kappa shape index (κ1) is 18.8. The summed E-state index contributed by atoms with van der Waals surface area (Å²) >= 11 is 0. The third-order valence-electron chi connectivity index (χ3n) is 2.43. The maximum Gasteiger partial charge on any atom is 0.397 e. The molecule has 7 heteroatoms. The van der Waals surface area contributed by atoms with E-state index >= 15 is 0 Å². The maximum atomic E-state index is 10.2. The van der Waals surface area contributed by atoms with Crippen LogP contribution in [0, 0.1) is 0 Å². The van der Waals surface area contributed by atoms with E-state index in [1.54, 1.807) is 0 Å². The molecule has 0 atom stereocenters. The van der Waals surface area contributed by atoms with Gasteiger partial charge in [0.2, 0.25) is 0 Å². The van der Waals surface area contributed by atoms with Gasteiger partial charge in [-0.05, 0) is 12.8 Å². The number of ether oxygens (including phenoxy) is 2. The zero-order valence-corrected chi connectivity index (χ0v) is 12.5. The zero-order valence-electron chi connectivity index (χ0n) is 11.7. The van der Waals surface area contributed by atoms with Crippen molar-refractivity contribution in [2.75, 3.05) is 33.0 Å². The molecule has 6 nitrogen and oxygen atoms in total. The molecule has 0 fully saturated rings. The topological polar surface area (TPSA) is 82.1 Å². The van der Waals surface area contributed by atoms with Crippen molar-refractivity contribution in [3.8, 4) is 0 Å². The third-order valence-corrected chi connectivity index (χ3v) is 2.89. The fourth-order valence-electron chi connectivity index (χ4n) is 1.45. The van der Waals surface area contributed by atoms with Crippen LogP contribution in [-0.4, -0.2) is 46.0 Å². The lowest BCUT2D eigenvalue weighted by atomic mass is 10.2. The minimum atomic E-state index is -4.32. The van der Waals surface area contributed by atoms with Crippen LogP contribution >= 0.6 is 0 Å². The van der Waals surface area contributed by atoms with Crippen LogP contribution in [0.5, 0.6) is 0 Å². The van der Waals surface area contributed by atoms with E-state index < -0.39 is 10.4 Å². The third kappa shape index (κ3) is 17.8. The zero-order chi connectivity index (χ0) is 14.4. The van der Waals surface area contributed by atoms with E-state index in [0.29, 0.717) is 26.2 Å². The van der Waals surface area contributed by atoms with Crippen LogP contribution in [0.3, 0.4) is 0 Å². The summed E-state index contributed by atoms with van der Waals surface area (Å²) in [6.07, 6.45) is 6.51. The monoisotopic (exact) mass is 298 g/mol. The van der Waals surface area contributed by atoms with Crippen LogP contribution in [0.4, 0.5) is 0 Å². The summed E-state index contributed by atoms with van der Waals surface area (Å²) in [7, 11) is -4.32. The molecule has 0 unspecified atom stereocenters. The molecule has 0 aliphatic carbocycles. The number of unbranched alkanes of at least 4 members (excludes halogenated alkanes) is 4. The second-order valence-electron chi connectivity index (χ2n) is 4.24. The van der Waals surface area contributed by atoms with Crippen molar-refractivity contribution < 1.29 is 26.6 Å². The highest BCUT2D eigenvalue weighted by atomic mass is 32.3. The molecule has 0 aromatic carbocycles. The Morgan fingerprint density at radius 3 is 1.95 bits per heavy atom. The Bertz CT molecular complexity index is 278. The lowest BCUT2D eigenvalue weighted by Gasteiger charge is -2.05. The maximum absolute atomic E-state index is 10.2. The van der Waals surface area contributed by atoms with Gasteiger partial charge < -0.3 is 9.47 Å². The lowest BCUT2D eigenvalue weighted by molar-refractivity contribution is 0.0420. The van der Waals surface area contributed by atoms with Crippen LogP contribution in [0.25, 0.3) is 0 Å². The average Bonchev–Trinajstić information content (AvgIpc) is 2.34. The molecule has 0 aromatic rings. The predicted molar refractivity (Wildman–Crippen MR) is 72.5 cm³/mol. The molecule has 0 aromatic heterocycles. The van der Waals surface area contributed by atoms with Gasteiger partial charge in [0.1, 0.15) is 0 Å². The first-order valence-electron chi connectivity index (χ1n) is 6.83. The second kappa shape index (κ2) is 12.8. The van der Waals surface area contributed by atoms with Crippen molar-refractivity contribution in [3.63, 3.8) is 0 Å². The Morgan fingerprint density at radius 1 is 0.789 bits per heavy atom. The van der Waals surface area contributed by atoms with Crippen LogP contribution in [0.15, 0.2) is 0 Å². The minimum absolute atomic E-state index is 0.0723. The summed E-state index contributed by atoms with van der Waals surface area (Å²) in [5.74, 6) is 0. The standard InChI is InChI=1S/C12H26O6S/c1-2-3-4-5-6-8-16-11-12-17-9-7-10-18-19(13,14)15/h2-12H2,1H3,(H,13,14,15). The molecule has 0 bridgehead atoms. The van der Waals surface area contributed by atoms with Gasteiger partial charge in [0.15, 0.2) is 0 Å². The molecule has 0 spiro atoms. The summed E-state index contributed by atoms with van der Waals surface area (Å²) in [6.45, 7) is 4.30.